The standard InChI is InChI=1S/C20H26N4O2.2ClH/c1-3-23(14-16-4-9-21-10-5-16)19(25)18-15(2)8-13-24(20(18)26)17-6-11-22-12-7-17;;/h4-5,8-10,13,17,22H,3,6-7,11-12,14H2,1-2H3;2*1H. The number of carbonyl (C=O) groups excluding carboxylic acids is 1. The first-order valence-electron chi connectivity index (χ1n) is 9.22. The lowest BCUT2D eigenvalue weighted by atomic mass is 10.0. The van der Waals surface area contributed by atoms with E-state index < -0.39 is 0 Å². The van der Waals surface area contributed by atoms with Crippen LogP contribution in [0.1, 0.15) is 47.3 Å². The Labute approximate surface area is 178 Å². The van der Waals surface area contributed by atoms with Crippen molar-refractivity contribution < 1.29 is 4.79 Å². The summed E-state index contributed by atoms with van der Waals surface area (Å²) in [5.74, 6) is -0.199. The number of hydrogen-bond acceptors (Lipinski definition) is 4. The Balaban J connectivity index is 0.00000196. The van der Waals surface area contributed by atoms with E-state index in [9.17, 15) is 9.59 Å². The molecule has 28 heavy (non-hydrogen) atoms. The molecule has 2 aromatic rings. The molecule has 1 saturated heterocycles. The molecule has 154 valence electrons. The number of carbonyl (C=O) groups is 1. The zero-order valence-electron chi connectivity index (χ0n) is 16.3. The normalized spacial score (nSPS) is 13.9. The van der Waals surface area contributed by atoms with E-state index in [-0.39, 0.29) is 42.3 Å². The highest BCUT2D eigenvalue weighted by atomic mass is 35.5. The maximum absolute atomic E-state index is 13.1. The predicted octanol–water partition coefficient (Wildman–Crippen LogP) is 2.98. The summed E-state index contributed by atoms with van der Waals surface area (Å²) < 4.78 is 1.75. The number of pyridine rings is 2. The fourth-order valence-electron chi connectivity index (χ4n) is 3.47. The molecule has 3 heterocycles. The van der Waals surface area contributed by atoms with Gasteiger partial charge in [-0.2, -0.15) is 0 Å². The van der Waals surface area contributed by atoms with Crippen LogP contribution in [0, 0.1) is 6.92 Å². The van der Waals surface area contributed by atoms with Gasteiger partial charge in [0, 0.05) is 37.7 Å². The highest BCUT2D eigenvalue weighted by Gasteiger charge is 2.24. The number of halogens is 2. The van der Waals surface area contributed by atoms with Crippen LogP contribution in [0.2, 0.25) is 0 Å². The molecule has 1 fully saturated rings. The highest BCUT2D eigenvalue weighted by Crippen LogP contribution is 2.18. The van der Waals surface area contributed by atoms with E-state index >= 15 is 0 Å². The Hall–Kier alpha value is -1.89. The largest absolute Gasteiger partial charge is 0.334 e. The van der Waals surface area contributed by atoms with E-state index in [1.807, 2.05) is 38.2 Å². The fraction of sp³-hybridized carbons (Fsp3) is 0.450. The minimum atomic E-state index is -0.199. The van der Waals surface area contributed by atoms with Crippen LogP contribution in [0.3, 0.4) is 0 Å². The summed E-state index contributed by atoms with van der Waals surface area (Å²) in [5, 5.41) is 3.31. The van der Waals surface area contributed by atoms with Crippen molar-refractivity contribution in [2.24, 2.45) is 0 Å². The molecule has 0 saturated carbocycles. The van der Waals surface area contributed by atoms with Crippen molar-refractivity contribution in [1.29, 1.82) is 0 Å². The van der Waals surface area contributed by atoms with Crippen LogP contribution in [-0.2, 0) is 6.54 Å². The van der Waals surface area contributed by atoms with E-state index in [4.69, 9.17) is 0 Å². The molecule has 0 spiro atoms. The zero-order chi connectivity index (χ0) is 18.5. The Kier molecular flexibility index (Phi) is 9.65. The summed E-state index contributed by atoms with van der Waals surface area (Å²) in [5.41, 5.74) is 1.86. The van der Waals surface area contributed by atoms with Gasteiger partial charge in [0.15, 0.2) is 0 Å². The van der Waals surface area contributed by atoms with Gasteiger partial charge in [0.2, 0.25) is 0 Å². The maximum atomic E-state index is 13.1. The molecule has 1 aliphatic heterocycles. The molecule has 0 aliphatic carbocycles. The van der Waals surface area contributed by atoms with Gasteiger partial charge in [-0.25, -0.2) is 0 Å². The first-order chi connectivity index (χ1) is 12.6. The third-order valence-electron chi connectivity index (χ3n) is 5.04. The number of rotatable bonds is 5. The summed E-state index contributed by atoms with van der Waals surface area (Å²) in [6, 6.07) is 5.82. The van der Waals surface area contributed by atoms with E-state index in [1.165, 1.54) is 0 Å². The number of hydrogen-bond donors (Lipinski definition) is 1. The molecule has 0 atom stereocenters. The molecule has 3 rings (SSSR count). The fourth-order valence-corrected chi connectivity index (χ4v) is 3.47. The lowest BCUT2D eigenvalue weighted by Crippen LogP contribution is -2.40. The van der Waals surface area contributed by atoms with Gasteiger partial charge < -0.3 is 14.8 Å². The lowest BCUT2D eigenvalue weighted by molar-refractivity contribution is 0.0749. The SMILES string of the molecule is CCN(Cc1ccncc1)C(=O)c1c(C)ccn(C2CCNCC2)c1=O.Cl.Cl. The maximum Gasteiger partial charge on any atom is 0.263 e. The van der Waals surface area contributed by atoms with Gasteiger partial charge in [-0.1, -0.05) is 0 Å². The number of nitrogens with one attached hydrogen (secondary N) is 1. The Bertz CT molecular complexity index is 821. The molecule has 8 heteroatoms. The van der Waals surface area contributed by atoms with Crippen molar-refractivity contribution in [3.8, 4) is 0 Å². The number of aromatic nitrogens is 2. The van der Waals surface area contributed by atoms with Crippen LogP contribution in [0.5, 0.6) is 0 Å². The van der Waals surface area contributed by atoms with Gasteiger partial charge in [0.25, 0.3) is 11.5 Å². The van der Waals surface area contributed by atoms with Gasteiger partial charge in [-0.3, -0.25) is 14.6 Å². The summed E-state index contributed by atoms with van der Waals surface area (Å²) in [6.07, 6.45) is 7.08. The topological polar surface area (TPSA) is 67.2 Å². The van der Waals surface area contributed by atoms with Crippen molar-refractivity contribution >= 4 is 30.7 Å². The smallest absolute Gasteiger partial charge is 0.263 e. The third-order valence-corrected chi connectivity index (χ3v) is 5.04. The van der Waals surface area contributed by atoms with Gasteiger partial charge in [-0.05, 0) is 69.1 Å². The van der Waals surface area contributed by atoms with E-state index in [0.717, 1.165) is 37.1 Å². The monoisotopic (exact) mass is 426 g/mol. The van der Waals surface area contributed by atoms with Crippen LogP contribution >= 0.6 is 24.8 Å². The molecule has 1 N–H and O–H groups in total. The Morgan fingerprint density at radius 2 is 1.86 bits per heavy atom. The van der Waals surface area contributed by atoms with Crippen molar-refractivity contribution in [2.75, 3.05) is 19.6 Å². The van der Waals surface area contributed by atoms with Crippen molar-refractivity contribution in [1.82, 2.24) is 19.8 Å². The summed E-state index contributed by atoms with van der Waals surface area (Å²) in [4.78, 5) is 32.0. The second-order valence-electron chi connectivity index (χ2n) is 6.74. The summed E-state index contributed by atoms with van der Waals surface area (Å²) >= 11 is 0. The van der Waals surface area contributed by atoms with E-state index in [0.29, 0.717) is 18.7 Å². The second kappa shape index (κ2) is 11.2. The summed E-state index contributed by atoms with van der Waals surface area (Å²) in [6.45, 7) is 6.58. The van der Waals surface area contributed by atoms with Crippen molar-refractivity contribution in [3.05, 3.63) is 63.8 Å². The average Bonchev–Trinajstić information content (AvgIpc) is 2.67. The van der Waals surface area contributed by atoms with Crippen molar-refractivity contribution in [2.45, 2.75) is 39.3 Å². The molecular weight excluding hydrogens is 399 g/mol. The minimum absolute atomic E-state index is 0. The molecule has 6 nitrogen and oxygen atoms in total. The number of nitrogens with zero attached hydrogens (tertiary/aromatic N) is 3. The minimum Gasteiger partial charge on any atom is -0.334 e. The van der Waals surface area contributed by atoms with Crippen molar-refractivity contribution in [3.63, 3.8) is 0 Å². The average molecular weight is 427 g/mol. The Morgan fingerprint density at radius 1 is 1.21 bits per heavy atom. The summed E-state index contributed by atoms with van der Waals surface area (Å²) in [7, 11) is 0. The molecular formula is C20H28Cl2N4O2. The number of piperidine rings is 1. The second-order valence-corrected chi connectivity index (χ2v) is 6.74. The first-order valence-corrected chi connectivity index (χ1v) is 9.22. The van der Waals surface area contributed by atoms with Crippen LogP contribution in [0.4, 0.5) is 0 Å². The van der Waals surface area contributed by atoms with Crippen LogP contribution in [0.15, 0.2) is 41.6 Å². The third kappa shape index (κ3) is 5.34. The molecule has 0 aromatic carbocycles. The first kappa shape index (κ1) is 24.1. The molecule has 0 bridgehead atoms. The van der Waals surface area contributed by atoms with Crippen LogP contribution in [-0.4, -0.2) is 40.0 Å². The van der Waals surface area contributed by atoms with Crippen LogP contribution < -0.4 is 10.9 Å². The quantitative estimate of drug-likeness (QED) is 0.797. The zero-order valence-corrected chi connectivity index (χ0v) is 17.9. The Morgan fingerprint density at radius 3 is 2.46 bits per heavy atom. The van der Waals surface area contributed by atoms with Gasteiger partial charge >= 0.3 is 0 Å². The number of aryl methyl sites for hydroxylation is 1. The van der Waals surface area contributed by atoms with Crippen LogP contribution in [0.25, 0.3) is 0 Å². The van der Waals surface area contributed by atoms with E-state index in [1.54, 1.807) is 21.9 Å². The van der Waals surface area contributed by atoms with Gasteiger partial charge in [0.05, 0.1) is 0 Å². The number of amides is 1. The molecule has 0 unspecified atom stereocenters. The molecule has 1 amide bonds. The predicted molar refractivity (Wildman–Crippen MR) is 116 cm³/mol. The van der Waals surface area contributed by atoms with Gasteiger partial charge in [0.1, 0.15) is 5.56 Å². The van der Waals surface area contributed by atoms with E-state index in [2.05, 4.69) is 10.3 Å². The van der Waals surface area contributed by atoms with Gasteiger partial charge in [-0.15, -0.1) is 24.8 Å². The molecule has 0 radical (unpaired) electrons. The molecule has 1 aliphatic rings. The molecule has 2 aromatic heterocycles. The highest BCUT2D eigenvalue weighted by molar-refractivity contribution is 5.95. The lowest BCUT2D eigenvalue weighted by Gasteiger charge is -2.26.